The third-order valence-corrected chi connectivity index (χ3v) is 5.09. The number of fused-ring (bicyclic) bond motifs is 1. The van der Waals surface area contributed by atoms with Crippen LogP contribution in [0.15, 0.2) is 12.7 Å². The molecular weight excluding hydrogens is 437 g/mol. The van der Waals surface area contributed by atoms with Gasteiger partial charge in [0, 0.05) is 13.1 Å². The van der Waals surface area contributed by atoms with E-state index in [1.54, 1.807) is 0 Å². The Labute approximate surface area is 180 Å². The van der Waals surface area contributed by atoms with E-state index < -0.39 is 43.2 Å². The summed E-state index contributed by atoms with van der Waals surface area (Å²) in [5.74, 6) is -1.47. The van der Waals surface area contributed by atoms with E-state index in [9.17, 15) is 33.3 Å². The Morgan fingerprint density at radius 1 is 1.09 bits per heavy atom. The van der Waals surface area contributed by atoms with Gasteiger partial charge in [0.05, 0.1) is 12.9 Å². The Bertz CT molecular complexity index is 911. The number of nitrogens with one attached hydrogen (secondary N) is 2. The molecular formula is C18H25F3N6O5. The first-order valence-corrected chi connectivity index (χ1v) is 10.1. The van der Waals surface area contributed by atoms with Crippen LogP contribution in [0.3, 0.4) is 0 Å². The Morgan fingerprint density at radius 2 is 1.81 bits per heavy atom. The van der Waals surface area contributed by atoms with Crippen LogP contribution in [0.5, 0.6) is 0 Å². The molecule has 3 heterocycles. The fourth-order valence-corrected chi connectivity index (χ4v) is 3.39. The van der Waals surface area contributed by atoms with Crippen LogP contribution in [0.2, 0.25) is 0 Å². The molecule has 1 aliphatic rings. The topological polar surface area (TPSA) is 155 Å². The van der Waals surface area contributed by atoms with E-state index in [1.807, 2.05) is 5.32 Å². The summed E-state index contributed by atoms with van der Waals surface area (Å²) in [5.41, 5.74) is 0.804. The molecule has 1 saturated heterocycles. The standard InChI is InChI=1S/C18H25F3N6O5/c19-18(20,21)17(31)23-6-4-2-1-3-5-22-14-11-15(25-8-24-14)27(9-26-11)16-13(30)12(29)10(7-28)32-16/h8-10,12-13,16,28-30H,1-7H2,(H,23,31)(H,22,24,25). The van der Waals surface area contributed by atoms with E-state index in [4.69, 9.17) is 4.74 Å². The number of rotatable bonds is 10. The Balaban J connectivity index is 1.47. The lowest BCUT2D eigenvalue weighted by atomic mass is 10.1. The number of nitrogens with zero attached hydrogens (tertiary/aromatic N) is 4. The largest absolute Gasteiger partial charge is 0.471 e. The van der Waals surface area contributed by atoms with Crippen LogP contribution in [-0.2, 0) is 9.53 Å². The van der Waals surface area contributed by atoms with Gasteiger partial charge in [0.15, 0.2) is 23.2 Å². The van der Waals surface area contributed by atoms with Crippen LogP contribution < -0.4 is 10.6 Å². The zero-order valence-electron chi connectivity index (χ0n) is 17.0. The number of alkyl halides is 3. The van der Waals surface area contributed by atoms with E-state index in [0.29, 0.717) is 42.8 Å². The van der Waals surface area contributed by atoms with Gasteiger partial charge < -0.3 is 30.7 Å². The maximum atomic E-state index is 12.1. The van der Waals surface area contributed by atoms with Gasteiger partial charge in [0.25, 0.3) is 0 Å². The molecule has 2 aromatic rings. The molecule has 0 bridgehead atoms. The number of carbonyl (C=O) groups excluding carboxylic acids is 1. The summed E-state index contributed by atoms with van der Waals surface area (Å²) in [5, 5.41) is 34.4. The Hall–Kier alpha value is -2.55. The van der Waals surface area contributed by atoms with Crippen molar-refractivity contribution in [2.75, 3.05) is 25.0 Å². The highest BCUT2D eigenvalue weighted by atomic mass is 19.4. The fourth-order valence-electron chi connectivity index (χ4n) is 3.39. The van der Waals surface area contributed by atoms with Crippen molar-refractivity contribution in [3.63, 3.8) is 0 Å². The molecule has 1 fully saturated rings. The van der Waals surface area contributed by atoms with Crippen LogP contribution in [-0.4, -0.2) is 84.9 Å². The monoisotopic (exact) mass is 462 g/mol. The molecule has 0 saturated carbocycles. The molecule has 0 aromatic carbocycles. The first kappa shape index (κ1) is 24.1. The van der Waals surface area contributed by atoms with Crippen molar-refractivity contribution >= 4 is 22.9 Å². The summed E-state index contributed by atoms with van der Waals surface area (Å²) >= 11 is 0. The third-order valence-electron chi connectivity index (χ3n) is 5.09. The van der Waals surface area contributed by atoms with Crippen molar-refractivity contribution in [3.05, 3.63) is 12.7 Å². The quantitative estimate of drug-likeness (QED) is 0.309. The van der Waals surface area contributed by atoms with Gasteiger partial charge >= 0.3 is 12.1 Å². The molecule has 1 aliphatic heterocycles. The second kappa shape index (κ2) is 10.4. The highest BCUT2D eigenvalue weighted by Gasteiger charge is 2.44. The summed E-state index contributed by atoms with van der Waals surface area (Å²) < 4.78 is 43.2. The van der Waals surface area contributed by atoms with Gasteiger partial charge in [-0.1, -0.05) is 12.8 Å². The predicted octanol–water partition coefficient (Wildman–Crippen LogP) is 0.0886. The number of carbonyl (C=O) groups is 1. The summed E-state index contributed by atoms with van der Waals surface area (Å²) in [6.45, 7) is 0.0518. The van der Waals surface area contributed by atoms with Gasteiger partial charge in [0.2, 0.25) is 0 Å². The number of aromatic nitrogens is 4. The number of aliphatic hydroxyl groups excluding tert-OH is 3. The minimum atomic E-state index is -4.86. The second-order valence-corrected chi connectivity index (χ2v) is 7.37. The van der Waals surface area contributed by atoms with Crippen molar-refractivity contribution < 1.29 is 38.0 Å². The normalized spacial score (nSPS) is 23.6. The van der Waals surface area contributed by atoms with E-state index in [2.05, 4.69) is 20.3 Å². The number of unbranched alkanes of at least 4 members (excludes halogenated alkanes) is 3. The molecule has 4 unspecified atom stereocenters. The highest BCUT2D eigenvalue weighted by molar-refractivity contribution is 5.82. The van der Waals surface area contributed by atoms with Gasteiger partial charge in [-0.05, 0) is 12.8 Å². The number of aliphatic hydroxyl groups is 3. The summed E-state index contributed by atoms with van der Waals surface area (Å²) in [6.07, 6.45) is -4.00. The second-order valence-electron chi connectivity index (χ2n) is 7.37. The maximum Gasteiger partial charge on any atom is 0.471 e. The number of ether oxygens (including phenoxy) is 1. The lowest BCUT2D eigenvalue weighted by Crippen LogP contribution is -2.37. The number of imidazole rings is 1. The number of amides is 1. The molecule has 32 heavy (non-hydrogen) atoms. The van der Waals surface area contributed by atoms with Crippen LogP contribution in [0.4, 0.5) is 19.0 Å². The smallest absolute Gasteiger partial charge is 0.394 e. The average Bonchev–Trinajstić information content (AvgIpc) is 3.30. The number of halogens is 3. The first-order valence-electron chi connectivity index (χ1n) is 10.1. The number of anilines is 1. The van der Waals surface area contributed by atoms with Crippen molar-refractivity contribution in [3.8, 4) is 0 Å². The lowest BCUT2D eigenvalue weighted by Gasteiger charge is -2.16. The summed E-state index contributed by atoms with van der Waals surface area (Å²) in [4.78, 5) is 23.3. The van der Waals surface area contributed by atoms with Gasteiger partial charge in [0.1, 0.15) is 24.6 Å². The van der Waals surface area contributed by atoms with Gasteiger partial charge in [-0.3, -0.25) is 9.36 Å². The first-order chi connectivity index (χ1) is 15.2. The van der Waals surface area contributed by atoms with Crippen molar-refractivity contribution in [2.24, 2.45) is 0 Å². The zero-order valence-corrected chi connectivity index (χ0v) is 17.0. The number of hydrogen-bond donors (Lipinski definition) is 5. The molecule has 14 heteroatoms. The van der Waals surface area contributed by atoms with Crippen LogP contribution in [0.25, 0.3) is 11.2 Å². The van der Waals surface area contributed by atoms with Crippen molar-refractivity contribution in [2.45, 2.75) is 56.4 Å². The van der Waals surface area contributed by atoms with Crippen molar-refractivity contribution in [1.29, 1.82) is 0 Å². The van der Waals surface area contributed by atoms with E-state index in [1.165, 1.54) is 17.2 Å². The van der Waals surface area contributed by atoms with E-state index >= 15 is 0 Å². The molecule has 178 valence electrons. The van der Waals surface area contributed by atoms with E-state index in [-0.39, 0.29) is 6.54 Å². The third kappa shape index (κ3) is 5.43. The molecule has 5 N–H and O–H groups in total. The van der Waals surface area contributed by atoms with Crippen LogP contribution in [0.1, 0.15) is 31.9 Å². The Morgan fingerprint density at radius 3 is 2.47 bits per heavy atom. The zero-order chi connectivity index (χ0) is 23.3. The molecule has 1 amide bonds. The highest BCUT2D eigenvalue weighted by Crippen LogP contribution is 2.32. The van der Waals surface area contributed by atoms with Gasteiger partial charge in [-0.2, -0.15) is 13.2 Å². The van der Waals surface area contributed by atoms with Crippen molar-refractivity contribution in [1.82, 2.24) is 24.8 Å². The SMILES string of the molecule is O=C(NCCCCCCNc1ncnc2c1ncn2C1OC(CO)C(O)C1O)C(F)(F)F. The van der Waals surface area contributed by atoms with E-state index in [0.717, 1.165) is 6.42 Å². The summed E-state index contributed by atoms with van der Waals surface area (Å²) in [7, 11) is 0. The summed E-state index contributed by atoms with van der Waals surface area (Å²) in [6, 6.07) is 0. The van der Waals surface area contributed by atoms with Gasteiger partial charge in [-0.25, -0.2) is 15.0 Å². The van der Waals surface area contributed by atoms with Crippen LogP contribution >= 0.6 is 0 Å². The van der Waals surface area contributed by atoms with Crippen LogP contribution in [0, 0.1) is 0 Å². The molecule has 2 aromatic heterocycles. The lowest BCUT2D eigenvalue weighted by molar-refractivity contribution is -0.173. The molecule has 3 rings (SSSR count). The maximum absolute atomic E-state index is 12.1. The number of hydrogen-bond acceptors (Lipinski definition) is 9. The van der Waals surface area contributed by atoms with Gasteiger partial charge in [-0.15, -0.1) is 0 Å². The molecule has 0 spiro atoms. The molecule has 11 nitrogen and oxygen atoms in total. The molecule has 0 radical (unpaired) electrons. The Kier molecular flexibility index (Phi) is 7.82. The minimum Gasteiger partial charge on any atom is -0.394 e. The minimum absolute atomic E-state index is 0.0311. The average molecular weight is 462 g/mol. The fraction of sp³-hybridized carbons (Fsp3) is 0.667. The predicted molar refractivity (Wildman–Crippen MR) is 104 cm³/mol. The molecule has 4 atom stereocenters. The molecule has 0 aliphatic carbocycles.